The van der Waals surface area contributed by atoms with Crippen LogP contribution in [0.4, 0.5) is 0 Å². The molecule has 1 nitrogen and oxygen atoms in total. The van der Waals surface area contributed by atoms with Crippen molar-refractivity contribution < 1.29 is 4.43 Å². The second-order valence-corrected chi connectivity index (χ2v) is 8.73. The predicted molar refractivity (Wildman–Crippen MR) is 99.7 cm³/mol. The molecule has 0 saturated heterocycles. The smallest absolute Gasteiger partial charge is 0.269 e. The highest BCUT2D eigenvalue weighted by Gasteiger charge is 2.26. The number of rotatable bonds is 5. The quantitative estimate of drug-likeness (QED) is 0.653. The molecule has 2 heteroatoms. The van der Waals surface area contributed by atoms with Crippen LogP contribution in [0, 0.1) is 0 Å². The van der Waals surface area contributed by atoms with E-state index < -0.39 is 0 Å². The third-order valence-electron chi connectivity index (χ3n) is 5.60. The first-order valence-electron chi connectivity index (χ1n) is 9.80. The summed E-state index contributed by atoms with van der Waals surface area (Å²) in [6, 6.07) is 7.09. The van der Waals surface area contributed by atoms with Crippen molar-refractivity contribution in [3.8, 4) is 0 Å². The molecule has 0 spiro atoms. The van der Waals surface area contributed by atoms with Crippen LogP contribution in [0.25, 0.3) is 0 Å². The Morgan fingerprint density at radius 2 is 1.48 bits per heavy atom. The third kappa shape index (κ3) is 4.48. The summed E-state index contributed by atoms with van der Waals surface area (Å²) < 4.78 is 6.03. The number of hydrogen-bond donors (Lipinski definition) is 0. The van der Waals surface area contributed by atoms with Crippen LogP contribution >= 0.6 is 0 Å². The topological polar surface area (TPSA) is 9.23 Å². The molecule has 2 saturated carbocycles. The molecule has 0 N–H and O–H groups in total. The molecular weight excluding hydrogens is 296 g/mol. The largest absolute Gasteiger partial charge is 0.409 e. The maximum absolute atomic E-state index is 6.03. The third-order valence-corrected chi connectivity index (χ3v) is 6.85. The van der Waals surface area contributed by atoms with Crippen LogP contribution in [0.5, 0.6) is 0 Å². The highest BCUT2D eigenvalue weighted by Crippen LogP contribution is 2.40. The monoisotopic (exact) mass is 328 g/mol. The fourth-order valence-electron chi connectivity index (χ4n) is 4.47. The van der Waals surface area contributed by atoms with Gasteiger partial charge in [0.05, 0.1) is 0 Å². The SMILES string of the molecule is CC(C)O[Si]c1cccc(C2CCCCC2)c1C1CCCCC1. The fraction of sp³-hybridized carbons (Fsp3) is 0.714. The Morgan fingerprint density at radius 3 is 2.09 bits per heavy atom. The standard InChI is InChI=1S/C21H32OSi/c1-16(2)22-23-20-15-9-14-19(17-10-5-3-6-11-17)21(20)18-12-7-4-8-13-18/h9,14-18H,3-8,10-13H2,1-2H3. The van der Waals surface area contributed by atoms with Gasteiger partial charge in [0.25, 0.3) is 9.76 Å². The maximum Gasteiger partial charge on any atom is 0.269 e. The minimum Gasteiger partial charge on any atom is -0.409 e. The summed E-state index contributed by atoms with van der Waals surface area (Å²) in [5.74, 6) is 1.60. The molecule has 0 bridgehead atoms. The zero-order valence-electron chi connectivity index (χ0n) is 14.9. The van der Waals surface area contributed by atoms with Crippen molar-refractivity contribution >= 4 is 14.9 Å². The van der Waals surface area contributed by atoms with Gasteiger partial charge in [0.2, 0.25) is 0 Å². The van der Waals surface area contributed by atoms with Gasteiger partial charge in [-0.1, -0.05) is 56.7 Å². The normalized spacial score (nSPS) is 21.0. The summed E-state index contributed by atoms with van der Waals surface area (Å²) in [6.45, 7) is 4.30. The van der Waals surface area contributed by atoms with E-state index in [2.05, 4.69) is 32.0 Å². The minimum absolute atomic E-state index is 0.325. The van der Waals surface area contributed by atoms with Crippen LogP contribution in [0.2, 0.25) is 0 Å². The van der Waals surface area contributed by atoms with Gasteiger partial charge >= 0.3 is 0 Å². The second kappa shape index (κ2) is 8.48. The highest BCUT2D eigenvalue weighted by molar-refractivity contribution is 6.47. The molecule has 0 aliphatic heterocycles. The van der Waals surface area contributed by atoms with Crippen molar-refractivity contribution in [3.05, 3.63) is 29.3 Å². The Labute approximate surface area is 145 Å². The number of hydrogen-bond acceptors (Lipinski definition) is 1. The summed E-state index contributed by atoms with van der Waals surface area (Å²) in [6.07, 6.45) is 14.4. The van der Waals surface area contributed by atoms with Gasteiger partial charge in [0, 0.05) is 6.10 Å². The highest BCUT2D eigenvalue weighted by atomic mass is 28.2. The Morgan fingerprint density at radius 1 is 0.870 bits per heavy atom. The van der Waals surface area contributed by atoms with Crippen LogP contribution in [0.15, 0.2) is 18.2 Å². The molecular formula is C21H32OSi. The minimum atomic E-state index is 0.325. The zero-order chi connectivity index (χ0) is 16.1. The van der Waals surface area contributed by atoms with Gasteiger partial charge in [0.15, 0.2) is 0 Å². The first kappa shape index (κ1) is 17.2. The summed E-state index contributed by atoms with van der Waals surface area (Å²) in [5.41, 5.74) is 3.40. The fourth-order valence-corrected chi connectivity index (χ4v) is 5.46. The number of benzene rings is 1. The van der Waals surface area contributed by atoms with Gasteiger partial charge < -0.3 is 4.43 Å². The predicted octanol–water partition coefficient (Wildman–Crippen LogP) is 5.45. The van der Waals surface area contributed by atoms with Gasteiger partial charge in [-0.05, 0) is 67.7 Å². The molecule has 0 unspecified atom stereocenters. The van der Waals surface area contributed by atoms with Crippen molar-refractivity contribution in [3.63, 3.8) is 0 Å². The van der Waals surface area contributed by atoms with E-state index in [1.165, 1.54) is 69.4 Å². The molecule has 0 heterocycles. The van der Waals surface area contributed by atoms with E-state index in [0.717, 1.165) is 11.8 Å². The molecule has 2 fully saturated rings. The van der Waals surface area contributed by atoms with E-state index in [-0.39, 0.29) is 0 Å². The molecule has 1 aromatic rings. The van der Waals surface area contributed by atoms with E-state index in [9.17, 15) is 0 Å². The van der Waals surface area contributed by atoms with Crippen molar-refractivity contribution in [2.45, 2.75) is 96.0 Å². The Balaban J connectivity index is 1.90. The van der Waals surface area contributed by atoms with Crippen LogP contribution in [-0.2, 0) is 4.43 Å². The van der Waals surface area contributed by atoms with Gasteiger partial charge in [-0.25, -0.2) is 0 Å². The van der Waals surface area contributed by atoms with Crippen LogP contribution in [0.1, 0.15) is 101 Å². The molecule has 2 aliphatic carbocycles. The summed E-state index contributed by atoms with van der Waals surface area (Å²) >= 11 is 0. The zero-order valence-corrected chi connectivity index (χ0v) is 15.9. The average Bonchev–Trinajstić information content (AvgIpc) is 2.61. The van der Waals surface area contributed by atoms with Gasteiger partial charge in [0.1, 0.15) is 0 Å². The molecule has 3 rings (SSSR count). The summed E-state index contributed by atoms with van der Waals surface area (Å²) in [5, 5.41) is 1.51. The molecule has 0 aromatic heterocycles. The lowest BCUT2D eigenvalue weighted by Crippen LogP contribution is -2.29. The summed E-state index contributed by atoms with van der Waals surface area (Å²) in [4.78, 5) is 0. The van der Waals surface area contributed by atoms with Gasteiger partial charge in [-0.15, -0.1) is 0 Å². The first-order chi connectivity index (χ1) is 11.3. The molecule has 2 radical (unpaired) electrons. The maximum atomic E-state index is 6.03. The van der Waals surface area contributed by atoms with Crippen molar-refractivity contribution in [1.29, 1.82) is 0 Å². The van der Waals surface area contributed by atoms with E-state index in [0.29, 0.717) is 15.9 Å². The Kier molecular flexibility index (Phi) is 6.35. The lowest BCUT2D eigenvalue weighted by Gasteiger charge is -2.31. The first-order valence-corrected chi connectivity index (χ1v) is 10.7. The van der Waals surface area contributed by atoms with Gasteiger partial charge in [-0.3, -0.25) is 0 Å². The molecule has 23 heavy (non-hydrogen) atoms. The molecule has 2 aliphatic rings. The van der Waals surface area contributed by atoms with Crippen molar-refractivity contribution in [2.24, 2.45) is 0 Å². The van der Waals surface area contributed by atoms with Crippen LogP contribution in [0.3, 0.4) is 0 Å². The van der Waals surface area contributed by atoms with Crippen LogP contribution in [-0.4, -0.2) is 15.9 Å². The van der Waals surface area contributed by atoms with Gasteiger partial charge in [-0.2, -0.15) is 0 Å². The lowest BCUT2D eigenvalue weighted by molar-refractivity contribution is 0.260. The van der Waals surface area contributed by atoms with E-state index >= 15 is 0 Å². The van der Waals surface area contributed by atoms with E-state index in [4.69, 9.17) is 4.43 Å². The van der Waals surface area contributed by atoms with Crippen LogP contribution < -0.4 is 5.19 Å². The lowest BCUT2D eigenvalue weighted by atomic mass is 9.76. The van der Waals surface area contributed by atoms with Crippen molar-refractivity contribution in [1.82, 2.24) is 0 Å². The Hall–Kier alpha value is -0.603. The average molecular weight is 329 g/mol. The molecule has 126 valence electrons. The van der Waals surface area contributed by atoms with E-state index in [1.54, 1.807) is 11.1 Å². The second-order valence-electron chi connectivity index (χ2n) is 7.75. The molecule has 0 atom stereocenters. The molecule has 1 aromatic carbocycles. The van der Waals surface area contributed by atoms with Crippen molar-refractivity contribution in [2.75, 3.05) is 0 Å². The molecule has 0 amide bonds. The van der Waals surface area contributed by atoms with E-state index in [1.807, 2.05) is 0 Å². The Bertz CT molecular complexity index is 485. The summed E-state index contributed by atoms with van der Waals surface area (Å²) in [7, 11) is 0.519.